The van der Waals surface area contributed by atoms with Crippen LogP contribution in [0.5, 0.6) is 0 Å². The van der Waals surface area contributed by atoms with Crippen molar-refractivity contribution in [1.29, 1.82) is 0 Å². The Morgan fingerprint density at radius 3 is 2.41 bits per heavy atom. The molecule has 0 aliphatic rings. The van der Waals surface area contributed by atoms with Crippen LogP contribution in [0.1, 0.15) is 17.3 Å². The monoisotopic (exact) mass is 234 g/mol. The van der Waals surface area contributed by atoms with Crippen LogP contribution < -0.4 is 11.1 Å². The number of carboxylic acids is 1. The van der Waals surface area contributed by atoms with E-state index in [0.29, 0.717) is 12.1 Å². The van der Waals surface area contributed by atoms with Crippen LogP contribution in [-0.2, 0) is 4.79 Å². The summed E-state index contributed by atoms with van der Waals surface area (Å²) in [6.45, 7) is 1.94. The molecule has 0 heterocycles. The van der Waals surface area contributed by atoms with Crippen LogP contribution in [0.3, 0.4) is 0 Å². The fraction of sp³-hybridized carbons (Fsp3) is 0.167. The van der Waals surface area contributed by atoms with Crippen LogP contribution in [0.4, 0.5) is 5.69 Å². The van der Waals surface area contributed by atoms with Gasteiger partial charge in [0.15, 0.2) is 0 Å². The van der Waals surface area contributed by atoms with Gasteiger partial charge >= 0.3 is 5.97 Å². The Balaban J connectivity index is 2.56. The molecular formula is C12H14N2O3. The van der Waals surface area contributed by atoms with Gasteiger partial charge in [-0.15, -0.1) is 0 Å². The molecule has 90 valence electrons. The van der Waals surface area contributed by atoms with Crippen LogP contribution in [0.25, 0.3) is 0 Å². The van der Waals surface area contributed by atoms with E-state index in [0.717, 1.165) is 5.69 Å². The van der Waals surface area contributed by atoms with E-state index in [2.05, 4.69) is 5.32 Å². The molecule has 0 aliphatic heterocycles. The molecule has 5 heteroatoms. The minimum atomic E-state index is -0.934. The second kappa shape index (κ2) is 5.69. The third kappa shape index (κ3) is 3.98. The van der Waals surface area contributed by atoms with Crippen LogP contribution in [0.2, 0.25) is 0 Å². The molecule has 17 heavy (non-hydrogen) atoms. The molecule has 0 atom stereocenters. The van der Waals surface area contributed by atoms with Gasteiger partial charge < -0.3 is 16.2 Å². The van der Waals surface area contributed by atoms with Crippen molar-refractivity contribution < 1.29 is 14.7 Å². The summed E-state index contributed by atoms with van der Waals surface area (Å²) >= 11 is 0. The highest BCUT2D eigenvalue weighted by atomic mass is 16.4. The molecule has 0 aliphatic carbocycles. The summed E-state index contributed by atoms with van der Waals surface area (Å²) in [7, 11) is 0. The third-order valence-electron chi connectivity index (χ3n) is 2.22. The van der Waals surface area contributed by atoms with E-state index < -0.39 is 11.9 Å². The molecule has 0 aromatic heterocycles. The van der Waals surface area contributed by atoms with Crippen LogP contribution in [-0.4, -0.2) is 23.5 Å². The van der Waals surface area contributed by atoms with E-state index in [-0.39, 0.29) is 5.57 Å². The maximum absolute atomic E-state index is 10.8. The maximum atomic E-state index is 10.8. The number of hydrogen-bond donors (Lipinski definition) is 3. The van der Waals surface area contributed by atoms with Crippen molar-refractivity contribution in [2.75, 3.05) is 11.9 Å². The highest BCUT2D eigenvalue weighted by molar-refractivity contribution is 5.93. The molecule has 0 saturated heterocycles. The molecule has 0 radical (unpaired) electrons. The molecule has 1 amide bonds. The fourth-order valence-electron chi connectivity index (χ4n) is 1.16. The van der Waals surface area contributed by atoms with Crippen LogP contribution >= 0.6 is 0 Å². The number of nitrogens with one attached hydrogen (secondary N) is 1. The second-order valence-corrected chi connectivity index (χ2v) is 3.51. The highest BCUT2D eigenvalue weighted by Gasteiger charge is 2.00. The molecule has 5 nitrogen and oxygen atoms in total. The van der Waals surface area contributed by atoms with E-state index in [1.807, 2.05) is 0 Å². The van der Waals surface area contributed by atoms with Crippen LogP contribution in [0, 0.1) is 0 Å². The minimum Gasteiger partial charge on any atom is -0.478 e. The molecule has 1 rings (SSSR count). The number of aliphatic carboxylic acids is 1. The number of carboxylic acid groups (broad SMARTS) is 1. The summed E-state index contributed by atoms with van der Waals surface area (Å²) in [5, 5.41) is 11.6. The Bertz CT molecular complexity index is 449. The van der Waals surface area contributed by atoms with Gasteiger partial charge in [0.25, 0.3) is 0 Å². The summed E-state index contributed by atoms with van der Waals surface area (Å²) < 4.78 is 0. The Labute approximate surface area is 98.9 Å². The molecule has 1 aromatic carbocycles. The lowest BCUT2D eigenvalue weighted by molar-refractivity contribution is -0.132. The standard InChI is InChI=1S/C12H14N2O3/c1-8(12(16)17)6-7-14-10-4-2-9(3-5-10)11(13)15/h2-6,14H,7H2,1H3,(H2,13,15)(H,16,17)/b8-6-. The Morgan fingerprint density at radius 1 is 1.35 bits per heavy atom. The number of benzene rings is 1. The predicted octanol–water partition coefficient (Wildman–Crippen LogP) is 1.23. The van der Waals surface area contributed by atoms with Crippen molar-refractivity contribution in [2.24, 2.45) is 5.73 Å². The quantitative estimate of drug-likeness (QED) is 0.668. The Kier molecular flexibility index (Phi) is 4.28. The van der Waals surface area contributed by atoms with E-state index in [1.165, 1.54) is 6.92 Å². The molecule has 0 spiro atoms. The second-order valence-electron chi connectivity index (χ2n) is 3.51. The average molecular weight is 234 g/mol. The summed E-state index contributed by atoms with van der Waals surface area (Å²) in [6, 6.07) is 6.64. The lowest BCUT2D eigenvalue weighted by Gasteiger charge is -2.04. The van der Waals surface area contributed by atoms with Crippen molar-refractivity contribution >= 4 is 17.6 Å². The zero-order valence-corrected chi connectivity index (χ0v) is 9.43. The zero-order chi connectivity index (χ0) is 12.8. The molecule has 0 bridgehead atoms. The zero-order valence-electron chi connectivity index (χ0n) is 9.43. The number of primary amides is 1. The topological polar surface area (TPSA) is 92.4 Å². The SMILES string of the molecule is C/C(=C/CNc1ccc(C(N)=O)cc1)C(=O)O. The van der Waals surface area contributed by atoms with Gasteiger partial charge in [-0.05, 0) is 31.2 Å². The number of carbonyl (C=O) groups excluding carboxylic acids is 1. The first kappa shape index (κ1) is 12.8. The Morgan fingerprint density at radius 2 is 1.94 bits per heavy atom. The number of carbonyl (C=O) groups is 2. The van der Waals surface area contributed by atoms with E-state index in [9.17, 15) is 9.59 Å². The van der Waals surface area contributed by atoms with Gasteiger partial charge in [0, 0.05) is 23.4 Å². The lowest BCUT2D eigenvalue weighted by Crippen LogP contribution is -2.10. The maximum Gasteiger partial charge on any atom is 0.331 e. The molecule has 0 fully saturated rings. The van der Waals surface area contributed by atoms with Crippen molar-refractivity contribution in [3.05, 3.63) is 41.5 Å². The van der Waals surface area contributed by atoms with Gasteiger partial charge in [-0.2, -0.15) is 0 Å². The lowest BCUT2D eigenvalue weighted by atomic mass is 10.2. The van der Waals surface area contributed by atoms with E-state index >= 15 is 0 Å². The van der Waals surface area contributed by atoms with Crippen molar-refractivity contribution in [3.8, 4) is 0 Å². The van der Waals surface area contributed by atoms with E-state index in [4.69, 9.17) is 10.8 Å². The number of amides is 1. The number of hydrogen-bond acceptors (Lipinski definition) is 3. The molecule has 4 N–H and O–H groups in total. The first-order chi connectivity index (χ1) is 8.00. The third-order valence-corrected chi connectivity index (χ3v) is 2.22. The van der Waals surface area contributed by atoms with Crippen molar-refractivity contribution in [3.63, 3.8) is 0 Å². The van der Waals surface area contributed by atoms with E-state index in [1.54, 1.807) is 30.3 Å². The smallest absolute Gasteiger partial charge is 0.331 e. The Hall–Kier alpha value is -2.30. The summed E-state index contributed by atoms with van der Waals surface area (Å²) in [6.07, 6.45) is 1.57. The fourth-order valence-corrected chi connectivity index (χ4v) is 1.16. The largest absolute Gasteiger partial charge is 0.478 e. The first-order valence-electron chi connectivity index (χ1n) is 5.04. The molecular weight excluding hydrogens is 220 g/mol. The average Bonchev–Trinajstić information content (AvgIpc) is 2.29. The number of anilines is 1. The van der Waals surface area contributed by atoms with Crippen LogP contribution in [0.15, 0.2) is 35.9 Å². The van der Waals surface area contributed by atoms with Gasteiger partial charge in [-0.25, -0.2) is 4.79 Å². The normalized spacial score (nSPS) is 11.0. The van der Waals surface area contributed by atoms with Gasteiger partial charge in [-0.1, -0.05) is 6.08 Å². The minimum absolute atomic E-state index is 0.284. The summed E-state index contributed by atoms with van der Waals surface area (Å²) in [5.41, 5.74) is 6.62. The van der Waals surface area contributed by atoms with Gasteiger partial charge in [0.2, 0.25) is 5.91 Å². The molecule has 1 aromatic rings. The molecule has 0 saturated carbocycles. The van der Waals surface area contributed by atoms with Gasteiger partial charge in [0.05, 0.1) is 0 Å². The summed E-state index contributed by atoms with van der Waals surface area (Å²) in [5.74, 6) is -1.41. The van der Waals surface area contributed by atoms with Gasteiger partial charge in [-0.3, -0.25) is 4.79 Å². The number of nitrogens with two attached hydrogens (primary N) is 1. The number of rotatable bonds is 5. The summed E-state index contributed by atoms with van der Waals surface area (Å²) in [4.78, 5) is 21.3. The highest BCUT2D eigenvalue weighted by Crippen LogP contribution is 2.08. The first-order valence-corrected chi connectivity index (χ1v) is 5.04. The van der Waals surface area contributed by atoms with Crippen molar-refractivity contribution in [1.82, 2.24) is 0 Å². The predicted molar refractivity (Wildman–Crippen MR) is 64.8 cm³/mol. The van der Waals surface area contributed by atoms with Gasteiger partial charge in [0.1, 0.15) is 0 Å². The molecule has 0 unspecified atom stereocenters. The van der Waals surface area contributed by atoms with Crippen molar-refractivity contribution in [2.45, 2.75) is 6.92 Å².